The van der Waals surface area contributed by atoms with E-state index in [9.17, 15) is 9.59 Å². The van der Waals surface area contributed by atoms with Gasteiger partial charge < -0.3 is 14.6 Å². The molecule has 0 spiro atoms. The normalized spacial score (nSPS) is 10.3. The van der Waals surface area contributed by atoms with Gasteiger partial charge in [-0.05, 0) is 30.5 Å². The summed E-state index contributed by atoms with van der Waals surface area (Å²) in [6.07, 6.45) is 0. The largest absolute Gasteiger partial charge is 0.452 e. The standard InChI is InChI=1S/C19H15N3O4S2/c1-12-8-14(22-26-12)11-28-16-5-3-2-4-15(16)19(24)25-10-17(23)21-18-13(9-20)6-7-27-18/h2-8H,10-11H2,1H3,(H,21,23). The van der Waals surface area contributed by atoms with Crippen molar-refractivity contribution in [2.75, 3.05) is 11.9 Å². The molecule has 0 aliphatic heterocycles. The lowest BCUT2D eigenvalue weighted by Crippen LogP contribution is -2.21. The van der Waals surface area contributed by atoms with Gasteiger partial charge in [0.15, 0.2) is 6.61 Å². The highest BCUT2D eigenvalue weighted by atomic mass is 32.2. The number of aryl methyl sites for hydroxylation is 1. The highest BCUT2D eigenvalue weighted by Crippen LogP contribution is 2.27. The van der Waals surface area contributed by atoms with Crippen LogP contribution < -0.4 is 5.32 Å². The first kappa shape index (κ1) is 19.7. The summed E-state index contributed by atoms with van der Waals surface area (Å²) in [5.74, 6) is 0.161. The Balaban J connectivity index is 1.58. The van der Waals surface area contributed by atoms with Crippen molar-refractivity contribution in [3.8, 4) is 6.07 Å². The molecule has 0 bridgehead atoms. The van der Waals surface area contributed by atoms with Crippen LogP contribution in [0.2, 0.25) is 0 Å². The second-order valence-electron chi connectivity index (χ2n) is 5.61. The summed E-state index contributed by atoms with van der Waals surface area (Å²) in [5.41, 5.74) is 1.51. The number of aromatic nitrogens is 1. The van der Waals surface area contributed by atoms with E-state index in [2.05, 4.69) is 10.5 Å². The molecule has 0 unspecified atom stereocenters. The number of nitrogens with one attached hydrogen (secondary N) is 1. The van der Waals surface area contributed by atoms with Crippen LogP contribution in [-0.4, -0.2) is 23.6 Å². The molecule has 0 fully saturated rings. The van der Waals surface area contributed by atoms with Crippen LogP contribution in [0.1, 0.15) is 27.4 Å². The van der Waals surface area contributed by atoms with Gasteiger partial charge in [0.25, 0.3) is 5.91 Å². The number of nitrogens with zero attached hydrogens (tertiary/aromatic N) is 2. The summed E-state index contributed by atoms with van der Waals surface area (Å²) in [7, 11) is 0. The number of carbonyl (C=O) groups is 2. The Bertz CT molecular complexity index is 1040. The molecule has 9 heteroatoms. The summed E-state index contributed by atoms with van der Waals surface area (Å²) < 4.78 is 10.2. The number of anilines is 1. The minimum Gasteiger partial charge on any atom is -0.452 e. The topological polar surface area (TPSA) is 105 Å². The van der Waals surface area contributed by atoms with Crippen molar-refractivity contribution >= 4 is 40.0 Å². The number of nitriles is 1. The van der Waals surface area contributed by atoms with E-state index in [1.54, 1.807) is 29.6 Å². The molecule has 0 atom stereocenters. The molecule has 0 radical (unpaired) electrons. The van der Waals surface area contributed by atoms with Crippen molar-refractivity contribution in [1.29, 1.82) is 5.26 Å². The summed E-state index contributed by atoms with van der Waals surface area (Å²) >= 11 is 2.66. The van der Waals surface area contributed by atoms with Crippen LogP contribution in [0.5, 0.6) is 0 Å². The molecule has 3 rings (SSSR count). The quantitative estimate of drug-likeness (QED) is 0.461. The van der Waals surface area contributed by atoms with Gasteiger partial charge >= 0.3 is 5.97 Å². The average Bonchev–Trinajstić information content (AvgIpc) is 3.33. The van der Waals surface area contributed by atoms with Crippen LogP contribution >= 0.6 is 23.1 Å². The monoisotopic (exact) mass is 413 g/mol. The molecule has 0 saturated carbocycles. The second-order valence-corrected chi connectivity index (χ2v) is 7.55. The van der Waals surface area contributed by atoms with Gasteiger partial charge in [0.1, 0.15) is 16.8 Å². The zero-order chi connectivity index (χ0) is 19.9. The third-order valence-electron chi connectivity index (χ3n) is 3.53. The number of rotatable bonds is 7. The van der Waals surface area contributed by atoms with E-state index < -0.39 is 18.5 Å². The number of carbonyl (C=O) groups excluding carboxylic acids is 2. The number of ether oxygens (including phenoxy) is 1. The average molecular weight is 413 g/mol. The maximum Gasteiger partial charge on any atom is 0.339 e. The predicted molar refractivity (Wildman–Crippen MR) is 105 cm³/mol. The van der Waals surface area contributed by atoms with Crippen LogP contribution in [0, 0.1) is 18.3 Å². The fraction of sp³-hybridized carbons (Fsp3) is 0.158. The number of thioether (sulfide) groups is 1. The van der Waals surface area contributed by atoms with E-state index in [1.165, 1.54) is 23.1 Å². The van der Waals surface area contributed by atoms with Crippen LogP contribution in [0.4, 0.5) is 5.00 Å². The minimum atomic E-state index is -0.596. The third kappa shape index (κ3) is 5.00. The van der Waals surface area contributed by atoms with Gasteiger partial charge in [0.2, 0.25) is 0 Å². The number of amides is 1. The molecule has 0 saturated heterocycles. The molecule has 3 aromatic rings. The Hall–Kier alpha value is -3.09. The van der Waals surface area contributed by atoms with E-state index in [0.717, 1.165) is 16.3 Å². The number of thiophene rings is 1. The Labute approximate surface area is 169 Å². The molecular weight excluding hydrogens is 398 g/mol. The van der Waals surface area contributed by atoms with Crippen molar-refractivity contribution in [3.63, 3.8) is 0 Å². The van der Waals surface area contributed by atoms with E-state index in [-0.39, 0.29) is 0 Å². The lowest BCUT2D eigenvalue weighted by atomic mass is 10.2. The molecule has 0 aliphatic carbocycles. The van der Waals surface area contributed by atoms with Gasteiger partial charge in [0, 0.05) is 16.7 Å². The van der Waals surface area contributed by atoms with Crippen molar-refractivity contribution in [3.05, 3.63) is 64.4 Å². The maximum atomic E-state index is 12.4. The molecule has 1 N–H and O–H groups in total. The minimum absolute atomic E-state index is 0.370. The molecule has 142 valence electrons. The van der Waals surface area contributed by atoms with Gasteiger partial charge in [-0.3, -0.25) is 4.79 Å². The molecular formula is C19H15N3O4S2. The fourth-order valence-electron chi connectivity index (χ4n) is 2.26. The van der Waals surface area contributed by atoms with E-state index in [1.807, 2.05) is 25.1 Å². The Morgan fingerprint density at radius 2 is 2.18 bits per heavy atom. The van der Waals surface area contributed by atoms with Gasteiger partial charge in [-0.2, -0.15) is 5.26 Å². The number of hydrogen-bond donors (Lipinski definition) is 1. The van der Waals surface area contributed by atoms with Crippen LogP contribution in [0.25, 0.3) is 0 Å². The van der Waals surface area contributed by atoms with Crippen molar-refractivity contribution in [2.24, 2.45) is 0 Å². The molecule has 0 aliphatic rings. The molecule has 7 nitrogen and oxygen atoms in total. The number of hydrogen-bond acceptors (Lipinski definition) is 8. The highest BCUT2D eigenvalue weighted by Gasteiger charge is 2.16. The third-order valence-corrected chi connectivity index (χ3v) is 5.47. The Morgan fingerprint density at radius 1 is 1.36 bits per heavy atom. The first-order valence-electron chi connectivity index (χ1n) is 8.15. The SMILES string of the molecule is Cc1cc(CSc2ccccc2C(=O)OCC(=O)Nc2sccc2C#N)no1. The second kappa shape index (κ2) is 9.21. The summed E-state index contributed by atoms with van der Waals surface area (Å²) in [5, 5.41) is 17.6. The number of benzene rings is 1. The molecule has 2 aromatic heterocycles. The fourth-order valence-corrected chi connectivity index (χ4v) is 3.94. The van der Waals surface area contributed by atoms with E-state index in [4.69, 9.17) is 14.5 Å². The molecule has 28 heavy (non-hydrogen) atoms. The summed E-state index contributed by atoms with van der Waals surface area (Å²) in [6, 6.07) is 12.4. The lowest BCUT2D eigenvalue weighted by molar-refractivity contribution is -0.119. The first-order chi connectivity index (χ1) is 13.6. The van der Waals surface area contributed by atoms with Crippen LogP contribution in [0.15, 0.2) is 51.2 Å². The van der Waals surface area contributed by atoms with Gasteiger partial charge in [0.05, 0.1) is 16.8 Å². The zero-order valence-electron chi connectivity index (χ0n) is 14.8. The Kier molecular flexibility index (Phi) is 6.47. The lowest BCUT2D eigenvalue weighted by Gasteiger charge is -2.09. The first-order valence-corrected chi connectivity index (χ1v) is 10.0. The van der Waals surface area contributed by atoms with Crippen LogP contribution in [0.3, 0.4) is 0 Å². The van der Waals surface area contributed by atoms with Crippen molar-refractivity contribution in [1.82, 2.24) is 5.16 Å². The predicted octanol–water partition coefficient (Wildman–Crippen LogP) is 4.00. The van der Waals surface area contributed by atoms with E-state index in [0.29, 0.717) is 21.9 Å². The van der Waals surface area contributed by atoms with Gasteiger partial charge in [-0.1, -0.05) is 17.3 Å². The van der Waals surface area contributed by atoms with Gasteiger partial charge in [-0.15, -0.1) is 23.1 Å². The molecule has 2 heterocycles. The van der Waals surface area contributed by atoms with Crippen molar-refractivity contribution < 1.29 is 18.8 Å². The van der Waals surface area contributed by atoms with Gasteiger partial charge in [-0.25, -0.2) is 4.79 Å². The molecule has 1 amide bonds. The molecule has 1 aromatic carbocycles. The smallest absolute Gasteiger partial charge is 0.339 e. The highest BCUT2D eigenvalue weighted by molar-refractivity contribution is 7.98. The maximum absolute atomic E-state index is 12.4. The summed E-state index contributed by atoms with van der Waals surface area (Å²) in [6.45, 7) is 1.37. The van der Waals surface area contributed by atoms with Crippen LogP contribution in [-0.2, 0) is 15.3 Å². The van der Waals surface area contributed by atoms with Crippen molar-refractivity contribution in [2.45, 2.75) is 17.6 Å². The zero-order valence-corrected chi connectivity index (χ0v) is 16.4. The number of esters is 1. The Morgan fingerprint density at radius 3 is 2.93 bits per heavy atom. The summed E-state index contributed by atoms with van der Waals surface area (Å²) in [4.78, 5) is 25.1. The van der Waals surface area contributed by atoms with E-state index >= 15 is 0 Å².